The molecule has 0 fully saturated rings. The van der Waals surface area contributed by atoms with Crippen LogP contribution >= 0.6 is 11.6 Å². The lowest BCUT2D eigenvalue weighted by Crippen LogP contribution is -2.35. The molecule has 2 N–H and O–H groups in total. The van der Waals surface area contributed by atoms with E-state index < -0.39 is 18.4 Å². The molecular formula is C13H10ClNO5. The molecule has 0 saturated carbocycles. The van der Waals surface area contributed by atoms with Crippen molar-refractivity contribution in [2.24, 2.45) is 0 Å². The summed E-state index contributed by atoms with van der Waals surface area (Å²) in [5.41, 5.74) is 0.397. The Kier molecular flexibility index (Phi) is 3.95. The maximum Gasteiger partial charge on any atom is 0.323 e. The molecule has 20 heavy (non-hydrogen) atoms. The van der Waals surface area contributed by atoms with Gasteiger partial charge in [0.15, 0.2) is 0 Å². The van der Waals surface area contributed by atoms with Crippen molar-refractivity contribution >= 4 is 29.2 Å². The SMILES string of the molecule is O=C(O)CN(C(=O)c1ccoc1Cl)c1ccc(O)cc1. The number of amides is 1. The highest BCUT2D eigenvalue weighted by Crippen LogP contribution is 2.24. The van der Waals surface area contributed by atoms with E-state index >= 15 is 0 Å². The van der Waals surface area contributed by atoms with Crippen molar-refractivity contribution in [2.45, 2.75) is 0 Å². The number of carboxylic acids is 1. The van der Waals surface area contributed by atoms with Gasteiger partial charge in [0.2, 0.25) is 5.22 Å². The third-order valence-corrected chi connectivity index (χ3v) is 2.84. The molecule has 6 nitrogen and oxygen atoms in total. The summed E-state index contributed by atoms with van der Waals surface area (Å²) in [7, 11) is 0. The van der Waals surface area contributed by atoms with Gasteiger partial charge < -0.3 is 14.6 Å². The van der Waals surface area contributed by atoms with Gasteiger partial charge in [-0.25, -0.2) is 0 Å². The predicted molar refractivity (Wildman–Crippen MR) is 71.1 cm³/mol. The Morgan fingerprint density at radius 1 is 1.20 bits per heavy atom. The van der Waals surface area contributed by atoms with Crippen LogP contribution in [0.1, 0.15) is 10.4 Å². The average Bonchev–Trinajstić information content (AvgIpc) is 2.82. The molecule has 0 atom stereocenters. The Hall–Kier alpha value is -2.47. The smallest absolute Gasteiger partial charge is 0.323 e. The number of furan rings is 1. The van der Waals surface area contributed by atoms with Crippen LogP contribution in [-0.4, -0.2) is 28.6 Å². The molecule has 104 valence electrons. The number of aliphatic carboxylic acids is 1. The molecule has 1 aromatic carbocycles. The maximum atomic E-state index is 12.3. The summed E-state index contributed by atoms with van der Waals surface area (Å²) in [6.07, 6.45) is 1.24. The molecule has 0 aliphatic heterocycles. The van der Waals surface area contributed by atoms with Crippen LogP contribution < -0.4 is 4.90 Å². The van der Waals surface area contributed by atoms with Gasteiger partial charge in [-0.3, -0.25) is 14.5 Å². The Balaban J connectivity index is 2.37. The molecule has 1 aromatic heterocycles. The molecule has 2 rings (SSSR count). The number of anilines is 1. The van der Waals surface area contributed by atoms with Gasteiger partial charge >= 0.3 is 5.97 Å². The van der Waals surface area contributed by atoms with E-state index in [0.29, 0.717) is 5.69 Å². The fourth-order valence-corrected chi connectivity index (χ4v) is 1.84. The highest BCUT2D eigenvalue weighted by Gasteiger charge is 2.23. The molecule has 0 saturated heterocycles. The first-order valence-corrected chi connectivity index (χ1v) is 5.92. The first-order chi connectivity index (χ1) is 9.49. The Morgan fingerprint density at radius 2 is 1.85 bits per heavy atom. The number of carbonyl (C=O) groups is 2. The van der Waals surface area contributed by atoms with E-state index in [1.165, 1.54) is 36.6 Å². The van der Waals surface area contributed by atoms with Crippen LogP contribution in [0, 0.1) is 0 Å². The van der Waals surface area contributed by atoms with Gasteiger partial charge in [0.25, 0.3) is 5.91 Å². The van der Waals surface area contributed by atoms with Gasteiger partial charge in [-0.1, -0.05) is 0 Å². The zero-order valence-electron chi connectivity index (χ0n) is 10.1. The second-order valence-electron chi connectivity index (χ2n) is 3.91. The summed E-state index contributed by atoms with van der Waals surface area (Å²) in [6.45, 7) is -0.537. The molecule has 1 amide bonds. The number of carbonyl (C=O) groups excluding carboxylic acids is 1. The number of nitrogens with zero attached hydrogens (tertiary/aromatic N) is 1. The minimum absolute atomic E-state index is 0.0119. The van der Waals surface area contributed by atoms with E-state index in [2.05, 4.69) is 0 Å². The molecule has 2 aromatic rings. The molecule has 0 radical (unpaired) electrons. The van der Waals surface area contributed by atoms with Gasteiger partial charge in [-0.05, 0) is 41.9 Å². The van der Waals surface area contributed by atoms with Gasteiger partial charge in [0, 0.05) is 5.69 Å². The standard InChI is InChI=1S/C13H10ClNO5/c14-12-10(5-6-20-12)13(19)15(7-11(17)18)8-1-3-9(16)4-2-8/h1-6,16H,7H2,(H,17,18). The van der Waals surface area contributed by atoms with E-state index in [-0.39, 0.29) is 16.5 Å². The van der Waals surface area contributed by atoms with Crippen molar-refractivity contribution in [3.8, 4) is 5.75 Å². The third kappa shape index (κ3) is 2.92. The summed E-state index contributed by atoms with van der Waals surface area (Å²) in [5.74, 6) is -1.76. The molecule has 0 aliphatic rings. The third-order valence-electron chi connectivity index (χ3n) is 2.55. The van der Waals surface area contributed by atoms with Crippen LogP contribution in [-0.2, 0) is 4.79 Å². The second kappa shape index (κ2) is 5.66. The van der Waals surface area contributed by atoms with Crippen LogP contribution in [0.4, 0.5) is 5.69 Å². The lowest BCUT2D eigenvalue weighted by atomic mass is 10.2. The lowest BCUT2D eigenvalue weighted by molar-refractivity contribution is -0.135. The van der Waals surface area contributed by atoms with E-state index in [1.54, 1.807) is 0 Å². The highest BCUT2D eigenvalue weighted by molar-refractivity contribution is 6.33. The molecule has 0 aliphatic carbocycles. The van der Waals surface area contributed by atoms with Crippen molar-refractivity contribution in [2.75, 3.05) is 11.4 Å². The predicted octanol–water partition coefficient (Wildman–Crippen LogP) is 2.37. The van der Waals surface area contributed by atoms with Crippen LogP contribution in [0.5, 0.6) is 5.75 Å². The normalized spacial score (nSPS) is 10.2. The summed E-state index contributed by atoms with van der Waals surface area (Å²) in [4.78, 5) is 24.2. The molecular weight excluding hydrogens is 286 g/mol. The minimum Gasteiger partial charge on any atom is -0.508 e. The fraction of sp³-hybridized carbons (Fsp3) is 0.0769. The minimum atomic E-state index is -1.17. The summed E-state index contributed by atoms with van der Waals surface area (Å²) < 4.78 is 4.83. The van der Waals surface area contributed by atoms with E-state index in [1.807, 2.05) is 0 Å². The van der Waals surface area contributed by atoms with Gasteiger partial charge in [-0.2, -0.15) is 0 Å². The number of rotatable bonds is 4. The van der Waals surface area contributed by atoms with Gasteiger partial charge in [-0.15, -0.1) is 0 Å². The zero-order valence-corrected chi connectivity index (χ0v) is 10.9. The summed E-state index contributed by atoms with van der Waals surface area (Å²) in [6, 6.07) is 6.94. The molecule has 0 spiro atoms. The number of phenolic OH excluding ortho intramolecular Hbond substituents is 1. The number of phenols is 1. The first kappa shape index (κ1) is 14.0. The molecule has 0 bridgehead atoms. The van der Waals surface area contributed by atoms with E-state index in [4.69, 9.17) is 21.1 Å². The van der Waals surface area contributed by atoms with Gasteiger partial charge in [0.05, 0.1) is 11.8 Å². The Morgan fingerprint density at radius 3 is 2.35 bits per heavy atom. The number of aromatic hydroxyl groups is 1. The van der Waals surface area contributed by atoms with Crippen molar-refractivity contribution in [3.05, 3.63) is 47.4 Å². The largest absolute Gasteiger partial charge is 0.508 e. The average molecular weight is 296 g/mol. The summed E-state index contributed by atoms with van der Waals surface area (Å²) >= 11 is 5.73. The Bertz CT molecular complexity index is 634. The monoisotopic (exact) mass is 295 g/mol. The quantitative estimate of drug-likeness (QED) is 0.903. The number of hydrogen-bond donors (Lipinski definition) is 2. The fourth-order valence-electron chi connectivity index (χ4n) is 1.64. The van der Waals surface area contributed by atoms with Crippen molar-refractivity contribution in [1.29, 1.82) is 0 Å². The van der Waals surface area contributed by atoms with E-state index in [9.17, 15) is 14.7 Å². The maximum absolute atomic E-state index is 12.3. The van der Waals surface area contributed by atoms with Crippen LogP contribution in [0.3, 0.4) is 0 Å². The molecule has 0 unspecified atom stereocenters. The van der Waals surface area contributed by atoms with Crippen LogP contribution in [0.15, 0.2) is 41.0 Å². The van der Waals surface area contributed by atoms with Crippen molar-refractivity contribution < 1.29 is 24.2 Å². The number of hydrogen-bond acceptors (Lipinski definition) is 4. The second-order valence-corrected chi connectivity index (χ2v) is 4.25. The molecule has 7 heteroatoms. The highest BCUT2D eigenvalue weighted by atomic mass is 35.5. The lowest BCUT2D eigenvalue weighted by Gasteiger charge is -2.20. The van der Waals surface area contributed by atoms with Crippen molar-refractivity contribution in [1.82, 2.24) is 0 Å². The van der Waals surface area contributed by atoms with Crippen molar-refractivity contribution in [3.63, 3.8) is 0 Å². The van der Waals surface area contributed by atoms with Gasteiger partial charge in [0.1, 0.15) is 12.3 Å². The number of halogens is 1. The first-order valence-electron chi connectivity index (χ1n) is 5.54. The topological polar surface area (TPSA) is 91.0 Å². The Labute approximate surface area is 118 Å². The summed E-state index contributed by atoms with van der Waals surface area (Å²) in [5, 5.41) is 18.0. The number of benzene rings is 1. The van der Waals surface area contributed by atoms with E-state index in [0.717, 1.165) is 4.90 Å². The van der Waals surface area contributed by atoms with Crippen LogP contribution in [0.2, 0.25) is 5.22 Å². The number of carboxylic acid groups (broad SMARTS) is 1. The zero-order chi connectivity index (χ0) is 14.7. The molecule has 1 heterocycles. The van der Waals surface area contributed by atoms with Crippen LogP contribution in [0.25, 0.3) is 0 Å².